The number of oxime groups is 1. The van der Waals surface area contributed by atoms with Crippen LogP contribution in [-0.4, -0.2) is 49.1 Å². The molecule has 1 unspecified atom stereocenters. The van der Waals surface area contributed by atoms with E-state index in [1.165, 1.54) is 13.2 Å². The third kappa shape index (κ3) is 7.13. The second-order valence-corrected chi connectivity index (χ2v) is 11.6. The van der Waals surface area contributed by atoms with Crippen LogP contribution >= 0.6 is 23.2 Å². The highest BCUT2D eigenvalue weighted by Crippen LogP contribution is 2.34. The zero-order chi connectivity index (χ0) is 29.5. The molecule has 0 saturated carbocycles. The molecular weight excluding hydrogens is 574 g/mol. The molecule has 0 aliphatic carbocycles. The first kappa shape index (κ1) is 30.5. The molecule has 5 rings (SSSR count). The van der Waals surface area contributed by atoms with Gasteiger partial charge in [0.05, 0.1) is 34.6 Å². The Kier molecular flexibility index (Phi) is 10.1. The lowest BCUT2D eigenvalue weighted by Gasteiger charge is -2.39. The normalized spacial score (nSPS) is 16.5. The predicted octanol–water partition coefficient (Wildman–Crippen LogP) is 7.96. The van der Waals surface area contributed by atoms with Crippen molar-refractivity contribution in [3.63, 3.8) is 0 Å². The van der Waals surface area contributed by atoms with E-state index in [1.807, 2.05) is 60.7 Å². The number of piperidine rings is 1. The summed E-state index contributed by atoms with van der Waals surface area (Å²) in [5.74, 6) is -0.393. The molecule has 1 aliphatic rings. The Labute approximate surface area is 256 Å². The van der Waals surface area contributed by atoms with Gasteiger partial charge in [0.15, 0.2) is 0 Å². The summed E-state index contributed by atoms with van der Waals surface area (Å²) in [7, 11) is 1.52. The first-order valence-corrected chi connectivity index (χ1v) is 14.9. The SMILES string of the molecule is CO/N=C(/COCc1ccc(F)c2ccccc12)C(CCN1CCC(O)(c2ccccc2)CC1)c1ccc(Cl)c(Cl)c1. The molecule has 0 amide bonds. The largest absolute Gasteiger partial charge is 0.399 e. The maximum absolute atomic E-state index is 14.3. The third-order valence-corrected chi connectivity index (χ3v) is 8.89. The summed E-state index contributed by atoms with van der Waals surface area (Å²) in [5, 5.41) is 18.0. The highest BCUT2D eigenvalue weighted by molar-refractivity contribution is 6.42. The highest BCUT2D eigenvalue weighted by Gasteiger charge is 2.34. The summed E-state index contributed by atoms with van der Waals surface area (Å²) in [6.45, 7) is 2.87. The minimum atomic E-state index is -0.804. The summed E-state index contributed by atoms with van der Waals surface area (Å²) < 4.78 is 20.5. The fraction of sp³-hybridized carbons (Fsp3) is 0.324. The second kappa shape index (κ2) is 14.0. The number of nitrogens with zero attached hydrogens (tertiary/aromatic N) is 2. The van der Waals surface area contributed by atoms with Gasteiger partial charge < -0.3 is 19.6 Å². The number of hydrogen-bond acceptors (Lipinski definition) is 5. The quantitative estimate of drug-likeness (QED) is 0.139. The maximum atomic E-state index is 14.3. The molecule has 0 bridgehead atoms. The Balaban J connectivity index is 1.29. The van der Waals surface area contributed by atoms with E-state index in [0.29, 0.717) is 34.9 Å². The number of hydrogen-bond donors (Lipinski definition) is 1. The molecule has 42 heavy (non-hydrogen) atoms. The van der Waals surface area contributed by atoms with Gasteiger partial charge in [0, 0.05) is 24.4 Å². The smallest absolute Gasteiger partial charge is 0.131 e. The van der Waals surface area contributed by atoms with Crippen molar-refractivity contribution < 1.29 is 19.1 Å². The lowest BCUT2D eigenvalue weighted by molar-refractivity contribution is -0.0261. The van der Waals surface area contributed by atoms with Gasteiger partial charge in [0.2, 0.25) is 0 Å². The molecule has 5 nitrogen and oxygen atoms in total. The fourth-order valence-corrected chi connectivity index (χ4v) is 6.08. The molecule has 4 aromatic carbocycles. The zero-order valence-electron chi connectivity index (χ0n) is 23.6. The Morgan fingerprint density at radius 3 is 2.38 bits per heavy atom. The summed E-state index contributed by atoms with van der Waals surface area (Å²) in [6, 6.07) is 26.2. The van der Waals surface area contributed by atoms with Crippen LogP contribution in [0.25, 0.3) is 10.8 Å². The lowest BCUT2D eigenvalue weighted by Crippen LogP contribution is -2.43. The first-order chi connectivity index (χ1) is 20.4. The average Bonchev–Trinajstić information content (AvgIpc) is 3.01. The van der Waals surface area contributed by atoms with Crippen molar-refractivity contribution in [3.05, 3.63) is 117 Å². The van der Waals surface area contributed by atoms with Gasteiger partial charge in [0.1, 0.15) is 12.9 Å². The molecule has 1 aliphatic heterocycles. The van der Waals surface area contributed by atoms with Crippen molar-refractivity contribution in [1.82, 2.24) is 4.90 Å². The van der Waals surface area contributed by atoms with Crippen LogP contribution in [0.1, 0.15) is 41.9 Å². The number of likely N-dealkylation sites (tertiary alicyclic amines) is 1. The van der Waals surface area contributed by atoms with Crippen molar-refractivity contribution in [3.8, 4) is 0 Å². The van der Waals surface area contributed by atoms with E-state index in [9.17, 15) is 9.50 Å². The van der Waals surface area contributed by atoms with Gasteiger partial charge in [-0.2, -0.15) is 0 Å². The molecule has 0 aromatic heterocycles. The minimum Gasteiger partial charge on any atom is -0.399 e. The monoisotopic (exact) mass is 608 g/mol. The van der Waals surface area contributed by atoms with Gasteiger partial charge in [-0.25, -0.2) is 4.39 Å². The van der Waals surface area contributed by atoms with Crippen LogP contribution in [0, 0.1) is 5.82 Å². The van der Waals surface area contributed by atoms with Crippen LogP contribution in [0.2, 0.25) is 10.0 Å². The summed E-state index contributed by atoms with van der Waals surface area (Å²) in [4.78, 5) is 7.64. The predicted molar refractivity (Wildman–Crippen MR) is 168 cm³/mol. The standard InChI is InChI=1S/C34H35Cl2FN2O3/c1-41-38-33(23-42-22-25-12-14-32(37)29-10-6-5-9-27(25)29)28(24-11-13-30(35)31(36)21-24)15-18-39-19-16-34(40,17-20-39)26-7-3-2-4-8-26/h2-14,21,28,40H,15-20,22-23H2,1H3/b38-33-. The van der Waals surface area contributed by atoms with E-state index in [4.69, 9.17) is 32.8 Å². The van der Waals surface area contributed by atoms with Gasteiger partial charge in [-0.3, -0.25) is 0 Å². The lowest BCUT2D eigenvalue weighted by atomic mass is 9.84. The Morgan fingerprint density at radius 2 is 1.67 bits per heavy atom. The number of fused-ring (bicyclic) bond motifs is 1. The Morgan fingerprint density at radius 1 is 0.952 bits per heavy atom. The van der Waals surface area contributed by atoms with Crippen molar-refractivity contribution in [2.45, 2.75) is 37.4 Å². The molecule has 0 radical (unpaired) electrons. The van der Waals surface area contributed by atoms with E-state index in [2.05, 4.69) is 10.1 Å². The highest BCUT2D eigenvalue weighted by atomic mass is 35.5. The number of rotatable bonds is 11. The van der Waals surface area contributed by atoms with E-state index >= 15 is 0 Å². The summed E-state index contributed by atoms with van der Waals surface area (Å²) in [6.07, 6.45) is 2.08. The molecule has 0 spiro atoms. The van der Waals surface area contributed by atoms with Gasteiger partial charge in [-0.1, -0.05) is 95.1 Å². The molecule has 220 valence electrons. The molecular formula is C34H35Cl2FN2O3. The van der Waals surface area contributed by atoms with Crippen molar-refractivity contribution in [2.75, 3.05) is 33.4 Å². The molecule has 1 heterocycles. The van der Waals surface area contributed by atoms with E-state index < -0.39 is 5.60 Å². The minimum absolute atomic E-state index is 0.139. The molecule has 1 saturated heterocycles. The van der Waals surface area contributed by atoms with Crippen LogP contribution in [0.3, 0.4) is 0 Å². The fourth-order valence-electron chi connectivity index (χ4n) is 5.77. The molecule has 1 fully saturated rings. The molecule has 1 N–H and O–H groups in total. The van der Waals surface area contributed by atoms with Gasteiger partial charge >= 0.3 is 0 Å². The average molecular weight is 610 g/mol. The van der Waals surface area contributed by atoms with Crippen molar-refractivity contribution in [2.24, 2.45) is 5.16 Å². The van der Waals surface area contributed by atoms with Gasteiger partial charge in [0.25, 0.3) is 0 Å². The molecule has 4 aromatic rings. The third-order valence-electron chi connectivity index (χ3n) is 8.15. The number of aliphatic hydroxyl groups is 1. The van der Waals surface area contributed by atoms with Crippen molar-refractivity contribution >= 4 is 39.7 Å². The van der Waals surface area contributed by atoms with Crippen LogP contribution in [0.5, 0.6) is 0 Å². The van der Waals surface area contributed by atoms with Crippen LogP contribution in [0.15, 0.2) is 90.1 Å². The molecule has 1 atom stereocenters. The van der Waals surface area contributed by atoms with Crippen LogP contribution in [-0.2, 0) is 21.8 Å². The topological polar surface area (TPSA) is 54.3 Å². The number of halogens is 3. The van der Waals surface area contributed by atoms with Gasteiger partial charge in [-0.15, -0.1) is 0 Å². The maximum Gasteiger partial charge on any atom is 0.131 e. The summed E-state index contributed by atoms with van der Waals surface area (Å²) >= 11 is 12.7. The molecule has 8 heteroatoms. The first-order valence-electron chi connectivity index (χ1n) is 14.2. The Hall–Kier alpha value is -3.00. The van der Waals surface area contributed by atoms with E-state index in [1.54, 1.807) is 18.2 Å². The van der Waals surface area contributed by atoms with Crippen LogP contribution < -0.4 is 0 Å². The van der Waals surface area contributed by atoms with Crippen LogP contribution in [0.4, 0.5) is 4.39 Å². The van der Waals surface area contributed by atoms with Crippen molar-refractivity contribution in [1.29, 1.82) is 0 Å². The zero-order valence-corrected chi connectivity index (χ0v) is 25.1. The summed E-state index contributed by atoms with van der Waals surface area (Å²) in [5.41, 5.74) is 2.75. The number of ether oxygens (including phenoxy) is 1. The second-order valence-electron chi connectivity index (χ2n) is 10.8. The van der Waals surface area contributed by atoms with E-state index in [-0.39, 0.29) is 18.3 Å². The Bertz CT molecular complexity index is 1520. The van der Waals surface area contributed by atoms with Gasteiger partial charge in [-0.05, 0) is 66.1 Å². The number of benzene rings is 4. The van der Waals surface area contributed by atoms with E-state index in [0.717, 1.165) is 53.8 Å².